The Morgan fingerprint density at radius 1 is 0.191 bits per heavy atom. The summed E-state index contributed by atoms with van der Waals surface area (Å²) in [5, 5.41) is 9.94. The normalized spacial score (nSPS) is 11.7. The van der Waals surface area contributed by atoms with Crippen molar-refractivity contribution >= 4 is 87.2 Å². The standard InChI is InChI=1S/C41H28N4.C40H26N4/c1-27-18-28(30-21-32(25-42-23-30)44-38-14-6-2-10-34(38)35-11-3-7-15-39(35)44)20-29(19-27)31-22-33(26-43-24-31)45-40-16-8-4-12-36(40)37-13-5-9-17-41(37)45;1-5-16-37-33(12-1)34-13-2-6-17-38(34)43(37)31-21-29(23-41-25-31)27-10-9-11-28(20-27)30-22-32(26-42-24-30)44-39-18-7-3-14-35(39)36-15-4-8-19-40(36)44/h2-26H,1H3;1-26H. The number of pyridine rings is 4. The highest BCUT2D eigenvalue weighted by Crippen LogP contribution is 2.39. The van der Waals surface area contributed by atoms with Gasteiger partial charge in [0.2, 0.25) is 0 Å². The molecule has 0 aliphatic rings. The molecule has 0 atom stereocenters. The van der Waals surface area contributed by atoms with Gasteiger partial charge in [-0.1, -0.05) is 176 Å². The summed E-state index contributed by atoms with van der Waals surface area (Å²) >= 11 is 0. The summed E-state index contributed by atoms with van der Waals surface area (Å²) in [6.07, 6.45) is 15.6. The van der Waals surface area contributed by atoms with E-state index >= 15 is 0 Å². The van der Waals surface area contributed by atoms with Crippen LogP contribution in [0.5, 0.6) is 0 Å². The zero-order chi connectivity index (χ0) is 58.9. The first-order valence-corrected chi connectivity index (χ1v) is 30.0. The van der Waals surface area contributed by atoms with Crippen molar-refractivity contribution in [3.05, 3.63) is 316 Å². The van der Waals surface area contributed by atoms with E-state index in [2.05, 4.69) is 286 Å². The molecule has 0 saturated heterocycles. The molecule has 0 saturated carbocycles. The molecule has 0 aliphatic heterocycles. The lowest BCUT2D eigenvalue weighted by Crippen LogP contribution is -1.96. The van der Waals surface area contributed by atoms with E-state index in [0.29, 0.717) is 0 Å². The van der Waals surface area contributed by atoms with Crippen molar-refractivity contribution in [3.63, 3.8) is 0 Å². The minimum Gasteiger partial charge on any atom is -0.308 e. The van der Waals surface area contributed by atoms with E-state index in [-0.39, 0.29) is 0 Å². The molecule has 8 heterocycles. The van der Waals surface area contributed by atoms with Crippen molar-refractivity contribution < 1.29 is 0 Å². The van der Waals surface area contributed by atoms with E-state index < -0.39 is 0 Å². The minimum absolute atomic E-state index is 1.04. The summed E-state index contributed by atoms with van der Waals surface area (Å²) in [5.41, 5.74) is 23.5. The average Bonchev–Trinajstić information content (AvgIpc) is 3.43. The fourth-order valence-electron chi connectivity index (χ4n) is 13.6. The Kier molecular flexibility index (Phi) is 12.2. The number of aryl methyl sites for hydroxylation is 1. The van der Waals surface area contributed by atoms with Gasteiger partial charge in [0.25, 0.3) is 0 Å². The Bertz CT molecular complexity index is 5240. The van der Waals surface area contributed by atoms with Crippen molar-refractivity contribution in [2.45, 2.75) is 6.92 Å². The van der Waals surface area contributed by atoms with Gasteiger partial charge in [0.1, 0.15) is 0 Å². The first kappa shape index (κ1) is 51.4. The van der Waals surface area contributed by atoms with Gasteiger partial charge in [0.15, 0.2) is 0 Å². The number of rotatable bonds is 8. The molecule has 10 aromatic carbocycles. The van der Waals surface area contributed by atoms with Crippen molar-refractivity contribution in [3.8, 4) is 67.3 Å². The second kappa shape index (κ2) is 21.2. The lowest BCUT2D eigenvalue weighted by Gasteiger charge is -2.13. The van der Waals surface area contributed by atoms with E-state index in [9.17, 15) is 0 Å². The van der Waals surface area contributed by atoms with E-state index in [1.807, 2.05) is 49.6 Å². The number of fused-ring (bicyclic) bond motifs is 12. The van der Waals surface area contributed by atoms with Gasteiger partial charge in [0, 0.05) is 90.1 Å². The third-order valence-electron chi connectivity index (χ3n) is 17.5. The molecule has 0 unspecified atom stereocenters. The van der Waals surface area contributed by atoms with E-state index in [4.69, 9.17) is 19.9 Å². The zero-order valence-corrected chi connectivity index (χ0v) is 48.5. The fourth-order valence-corrected chi connectivity index (χ4v) is 13.6. The number of hydrogen-bond donors (Lipinski definition) is 0. The molecule has 18 aromatic rings. The van der Waals surface area contributed by atoms with Crippen LogP contribution >= 0.6 is 0 Å². The van der Waals surface area contributed by atoms with Gasteiger partial charge >= 0.3 is 0 Å². The van der Waals surface area contributed by atoms with E-state index in [1.54, 1.807) is 0 Å². The van der Waals surface area contributed by atoms with Gasteiger partial charge in [-0.3, -0.25) is 19.9 Å². The second-order valence-electron chi connectivity index (χ2n) is 22.9. The summed E-state index contributed by atoms with van der Waals surface area (Å²) in [4.78, 5) is 18.9. The van der Waals surface area contributed by atoms with Crippen LogP contribution in [-0.4, -0.2) is 38.2 Å². The van der Waals surface area contributed by atoms with Crippen LogP contribution in [-0.2, 0) is 0 Å². The molecular formula is C81H54N8. The van der Waals surface area contributed by atoms with Crippen LogP contribution in [0, 0.1) is 6.92 Å². The highest BCUT2D eigenvalue weighted by molar-refractivity contribution is 6.12. The van der Waals surface area contributed by atoms with Gasteiger partial charge in [-0.25, -0.2) is 0 Å². The zero-order valence-electron chi connectivity index (χ0n) is 48.5. The second-order valence-corrected chi connectivity index (χ2v) is 22.9. The molecule has 8 aromatic heterocycles. The minimum atomic E-state index is 1.04. The predicted molar refractivity (Wildman–Crippen MR) is 368 cm³/mol. The maximum atomic E-state index is 4.73. The molecule has 0 spiro atoms. The molecule has 18 rings (SSSR count). The van der Waals surface area contributed by atoms with Crippen LogP contribution in [0.4, 0.5) is 0 Å². The summed E-state index contributed by atoms with van der Waals surface area (Å²) < 4.78 is 9.25. The first-order valence-electron chi connectivity index (χ1n) is 30.0. The highest BCUT2D eigenvalue weighted by Gasteiger charge is 2.18. The Labute approximate surface area is 512 Å². The van der Waals surface area contributed by atoms with Crippen molar-refractivity contribution in [2.24, 2.45) is 0 Å². The monoisotopic (exact) mass is 1140 g/mol. The topological polar surface area (TPSA) is 71.3 Å². The van der Waals surface area contributed by atoms with Crippen LogP contribution < -0.4 is 0 Å². The Hall–Kier alpha value is -12.0. The lowest BCUT2D eigenvalue weighted by molar-refractivity contribution is 1.14. The quantitative estimate of drug-likeness (QED) is 0.152. The molecule has 418 valence electrons. The third-order valence-corrected chi connectivity index (χ3v) is 17.5. The Morgan fingerprint density at radius 3 is 0.652 bits per heavy atom. The molecule has 8 nitrogen and oxygen atoms in total. The molecule has 0 N–H and O–H groups in total. The van der Waals surface area contributed by atoms with Crippen molar-refractivity contribution in [1.29, 1.82) is 0 Å². The molecule has 0 fully saturated rings. The first-order chi connectivity index (χ1) is 44.1. The largest absolute Gasteiger partial charge is 0.308 e. The summed E-state index contributed by atoms with van der Waals surface area (Å²) in [7, 11) is 0. The number of aromatic nitrogens is 8. The van der Waals surface area contributed by atoms with Crippen LogP contribution in [0.1, 0.15) is 5.56 Å². The van der Waals surface area contributed by atoms with Gasteiger partial charge in [-0.2, -0.15) is 0 Å². The van der Waals surface area contributed by atoms with Gasteiger partial charge in [0.05, 0.1) is 91.7 Å². The maximum absolute atomic E-state index is 4.73. The van der Waals surface area contributed by atoms with Crippen molar-refractivity contribution in [1.82, 2.24) is 38.2 Å². The SMILES string of the molecule is Cc1cc(-c2cncc(-n3c4ccccc4c4ccccc43)c2)cc(-c2cncc(-n3c4ccccc4c4ccccc43)c2)c1.c1cc(-c2cncc(-n3c4ccccc4c4ccccc43)c2)cc(-c2cncc(-n3c4ccccc4c4ccccc43)c2)c1. The number of para-hydroxylation sites is 8. The Balaban J connectivity index is 0.000000138. The van der Waals surface area contributed by atoms with E-state index in [0.717, 1.165) is 67.3 Å². The summed E-state index contributed by atoms with van der Waals surface area (Å²) in [6, 6.07) is 93.0. The van der Waals surface area contributed by atoms with Gasteiger partial charge in [-0.15, -0.1) is 0 Å². The fraction of sp³-hybridized carbons (Fsp3) is 0.0123. The predicted octanol–water partition coefficient (Wildman–Crippen LogP) is 20.3. The molecule has 0 amide bonds. The number of benzene rings is 10. The van der Waals surface area contributed by atoms with Crippen LogP contribution in [0.25, 0.3) is 154 Å². The average molecular weight is 1140 g/mol. The lowest BCUT2D eigenvalue weighted by atomic mass is 9.97. The summed E-state index contributed by atoms with van der Waals surface area (Å²) in [6.45, 7) is 2.15. The third kappa shape index (κ3) is 8.76. The van der Waals surface area contributed by atoms with Gasteiger partial charge < -0.3 is 18.3 Å². The number of hydrogen-bond acceptors (Lipinski definition) is 4. The highest BCUT2D eigenvalue weighted by atomic mass is 15.0. The maximum Gasteiger partial charge on any atom is 0.0651 e. The molecule has 0 aliphatic carbocycles. The summed E-state index contributed by atoms with van der Waals surface area (Å²) in [5.74, 6) is 0. The van der Waals surface area contributed by atoms with Crippen LogP contribution in [0.15, 0.2) is 310 Å². The Morgan fingerprint density at radius 2 is 0.404 bits per heavy atom. The van der Waals surface area contributed by atoms with E-state index in [1.165, 1.54) is 92.8 Å². The van der Waals surface area contributed by atoms with Crippen LogP contribution in [0.2, 0.25) is 0 Å². The molecule has 0 radical (unpaired) electrons. The van der Waals surface area contributed by atoms with Crippen molar-refractivity contribution in [2.75, 3.05) is 0 Å². The number of nitrogens with zero attached hydrogens (tertiary/aromatic N) is 8. The molecule has 89 heavy (non-hydrogen) atoms. The molecular weight excluding hydrogens is 1080 g/mol. The van der Waals surface area contributed by atoms with Gasteiger partial charge in [-0.05, 0) is 120 Å². The molecule has 8 heteroatoms. The smallest absolute Gasteiger partial charge is 0.0651 e. The van der Waals surface area contributed by atoms with Crippen LogP contribution in [0.3, 0.4) is 0 Å². The molecule has 0 bridgehead atoms.